The van der Waals surface area contributed by atoms with Crippen LogP contribution in [0.15, 0.2) is 29.3 Å². The number of carboxylic acid groups (broad SMARTS) is 1. The molecular weight excluding hydrogens is 256 g/mol. The van der Waals surface area contributed by atoms with Crippen LogP contribution in [0.5, 0.6) is 0 Å². The first-order valence-electron chi connectivity index (χ1n) is 6.48. The average molecular weight is 276 g/mol. The quantitative estimate of drug-likeness (QED) is 0.585. The van der Waals surface area contributed by atoms with Crippen LogP contribution in [0.1, 0.15) is 36.2 Å². The first kappa shape index (κ1) is 16.0. The SMILES string of the molecule is CC(C)=NCCC(=O)c1ccc(CC(N)C(=O)O)cc1. The van der Waals surface area contributed by atoms with Crippen molar-refractivity contribution in [2.24, 2.45) is 10.7 Å². The van der Waals surface area contributed by atoms with Gasteiger partial charge in [0, 0.05) is 24.2 Å². The Labute approximate surface area is 118 Å². The van der Waals surface area contributed by atoms with Gasteiger partial charge in [-0.15, -0.1) is 0 Å². The van der Waals surface area contributed by atoms with E-state index in [9.17, 15) is 9.59 Å². The van der Waals surface area contributed by atoms with Gasteiger partial charge in [0.1, 0.15) is 6.04 Å². The molecule has 0 bridgehead atoms. The first-order chi connectivity index (χ1) is 9.40. The van der Waals surface area contributed by atoms with Gasteiger partial charge < -0.3 is 10.8 Å². The second-order valence-electron chi connectivity index (χ2n) is 4.85. The van der Waals surface area contributed by atoms with E-state index < -0.39 is 12.0 Å². The lowest BCUT2D eigenvalue weighted by atomic mass is 10.0. The summed E-state index contributed by atoms with van der Waals surface area (Å²) >= 11 is 0. The lowest BCUT2D eigenvalue weighted by molar-refractivity contribution is -0.138. The highest BCUT2D eigenvalue weighted by Crippen LogP contribution is 2.09. The third-order valence-electron chi connectivity index (χ3n) is 2.82. The Morgan fingerprint density at radius 2 is 1.85 bits per heavy atom. The molecule has 1 rings (SSSR count). The van der Waals surface area contributed by atoms with Gasteiger partial charge in [0.05, 0.1) is 0 Å². The fraction of sp³-hybridized carbons (Fsp3) is 0.400. The summed E-state index contributed by atoms with van der Waals surface area (Å²) in [6.07, 6.45) is 0.627. The Morgan fingerprint density at radius 3 is 2.35 bits per heavy atom. The molecule has 20 heavy (non-hydrogen) atoms. The topological polar surface area (TPSA) is 92.8 Å². The molecule has 1 unspecified atom stereocenters. The van der Waals surface area contributed by atoms with Crippen molar-refractivity contribution in [3.05, 3.63) is 35.4 Å². The number of nitrogens with zero attached hydrogens (tertiary/aromatic N) is 1. The summed E-state index contributed by atoms with van der Waals surface area (Å²) in [5.41, 5.74) is 7.83. The van der Waals surface area contributed by atoms with E-state index in [1.807, 2.05) is 13.8 Å². The lowest BCUT2D eigenvalue weighted by Gasteiger charge is -2.07. The second-order valence-corrected chi connectivity index (χ2v) is 4.85. The van der Waals surface area contributed by atoms with Crippen LogP contribution in [0.4, 0.5) is 0 Å². The van der Waals surface area contributed by atoms with Gasteiger partial charge in [-0.2, -0.15) is 0 Å². The number of hydrogen-bond acceptors (Lipinski definition) is 4. The van der Waals surface area contributed by atoms with Gasteiger partial charge in [-0.05, 0) is 25.8 Å². The molecule has 0 aliphatic carbocycles. The van der Waals surface area contributed by atoms with Crippen molar-refractivity contribution in [2.45, 2.75) is 32.7 Å². The molecule has 5 heteroatoms. The molecule has 1 atom stereocenters. The van der Waals surface area contributed by atoms with E-state index in [1.54, 1.807) is 24.3 Å². The Kier molecular flexibility index (Phi) is 6.06. The maximum Gasteiger partial charge on any atom is 0.320 e. The van der Waals surface area contributed by atoms with Gasteiger partial charge in [-0.3, -0.25) is 14.6 Å². The molecule has 3 N–H and O–H groups in total. The van der Waals surface area contributed by atoms with Gasteiger partial charge in [0.2, 0.25) is 0 Å². The minimum atomic E-state index is -1.03. The van der Waals surface area contributed by atoms with Crippen LogP contribution in [0.3, 0.4) is 0 Å². The van der Waals surface area contributed by atoms with Crippen molar-refractivity contribution in [1.82, 2.24) is 0 Å². The van der Waals surface area contributed by atoms with Crippen molar-refractivity contribution in [2.75, 3.05) is 6.54 Å². The zero-order valence-corrected chi connectivity index (χ0v) is 11.8. The number of carboxylic acids is 1. The highest BCUT2D eigenvalue weighted by Gasteiger charge is 2.12. The number of nitrogens with two attached hydrogens (primary N) is 1. The normalized spacial score (nSPS) is 11.8. The Balaban J connectivity index is 2.59. The fourth-order valence-corrected chi connectivity index (χ4v) is 1.69. The number of hydrogen-bond donors (Lipinski definition) is 2. The predicted molar refractivity (Wildman–Crippen MR) is 78.4 cm³/mol. The van der Waals surface area contributed by atoms with Crippen LogP contribution < -0.4 is 5.73 Å². The monoisotopic (exact) mass is 276 g/mol. The summed E-state index contributed by atoms with van der Waals surface area (Å²) in [6, 6.07) is 5.97. The molecule has 0 radical (unpaired) electrons. The number of Topliss-reactive ketones (excluding diaryl/α,β-unsaturated/α-hetero) is 1. The van der Waals surface area contributed by atoms with E-state index in [4.69, 9.17) is 10.8 Å². The minimum absolute atomic E-state index is 0.0316. The van der Waals surface area contributed by atoms with Crippen LogP contribution >= 0.6 is 0 Å². The van der Waals surface area contributed by atoms with E-state index in [2.05, 4.69) is 4.99 Å². The highest BCUT2D eigenvalue weighted by atomic mass is 16.4. The van der Waals surface area contributed by atoms with Gasteiger partial charge in [-0.25, -0.2) is 0 Å². The van der Waals surface area contributed by atoms with Gasteiger partial charge >= 0.3 is 5.97 Å². The van der Waals surface area contributed by atoms with Gasteiger partial charge in [0.15, 0.2) is 5.78 Å². The Hall–Kier alpha value is -2.01. The van der Waals surface area contributed by atoms with Crippen molar-refractivity contribution >= 4 is 17.5 Å². The molecule has 5 nitrogen and oxygen atoms in total. The van der Waals surface area contributed by atoms with E-state index in [1.165, 1.54) is 0 Å². The van der Waals surface area contributed by atoms with Crippen LogP contribution in [0, 0.1) is 0 Å². The Bertz CT molecular complexity index is 502. The standard InChI is InChI=1S/C15H20N2O3/c1-10(2)17-8-7-14(18)12-5-3-11(4-6-12)9-13(16)15(19)20/h3-6,13H,7-9,16H2,1-2H3,(H,19,20). The maximum atomic E-state index is 11.9. The van der Waals surface area contributed by atoms with Crippen LogP contribution in [-0.2, 0) is 11.2 Å². The fourth-order valence-electron chi connectivity index (χ4n) is 1.69. The highest BCUT2D eigenvalue weighted by molar-refractivity contribution is 5.96. The van der Waals surface area contributed by atoms with Crippen molar-refractivity contribution in [3.8, 4) is 0 Å². The number of carbonyl (C=O) groups excluding carboxylic acids is 1. The molecule has 0 aliphatic heterocycles. The number of ketones is 1. The number of rotatable bonds is 7. The molecule has 0 spiro atoms. The molecule has 1 aromatic rings. The Morgan fingerprint density at radius 1 is 1.25 bits per heavy atom. The summed E-state index contributed by atoms with van der Waals surface area (Å²) in [7, 11) is 0. The number of aliphatic imine (C=N–C) groups is 1. The molecule has 0 aliphatic rings. The average Bonchev–Trinajstić information content (AvgIpc) is 2.38. The number of carbonyl (C=O) groups is 2. The molecule has 0 amide bonds. The van der Waals surface area contributed by atoms with Gasteiger partial charge in [-0.1, -0.05) is 24.3 Å². The van der Waals surface area contributed by atoms with Crippen molar-refractivity contribution in [3.63, 3.8) is 0 Å². The second kappa shape index (κ2) is 7.55. The smallest absolute Gasteiger partial charge is 0.320 e. The summed E-state index contributed by atoms with van der Waals surface area (Å²) in [5.74, 6) is -0.998. The third-order valence-corrected chi connectivity index (χ3v) is 2.82. The predicted octanol–water partition coefficient (Wildman–Crippen LogP) is 1.69. The summed E-state index contributed by atoms with van der Waals surface area (Å²) in [5, 5.41) is 8.74. The summed E-state index contributed by atoms with van der Waals surface area (Å²) in [6.45, 7) is 4.28. The van der Waals surface area contributed by atoms with E-state index in [0.29, 0.717) is 18.5 Å². The molecule has 1 aromatic carbocycles. The molecule has 0 saturated heterocycles. The molecule has 0 saturated carbocycles. The molecular formula is C15H20N2O3. The molecule has 0 fully saturated rings. The molecule has 0 aromatic heterocycles. The summed E-state index contributed by atoms with van der Waals surface area (Å²) in [4.78, 5) is 26.7. The number of aliphatic carboxylic acids is 1. The zero-order chi connectivity index (χ0) is 15.1. The van der Waals surface area contributed by atoms with E-state index >= 15 is 0 Å². The van der Waals surface area contributed by atoms with E-state index in [-0.39, 0.29) is 12.2 Å². The van der Waals surface area contributed by atoms with E-state index in [0.717, 1.165) is 11.3 Å². The van der Waals surface area contributed by atoms with Crippen molar-refractivity contribution in [1.29, 1.82) is 0 Å². The first-order valence-corrected chi connectivity index (χ1v) is 6.48. The zero-order valence-electron chi connectivity index (χ0n) is 11.8. The van der Waals surface area contributed by atoms with Crippen LogP contribution in [0.2, 0.25) is 0 Å². The summed E-state index contributed by atoms with van der Waals surface area (Å²) < 4.78 is 0. The van der Waals surface area contributed by atoms with Crippen LogP contribution in [-0.4, -0.2) is 35.2 Å². The largest absolute Gasteiger partial charge is 0.480 e. The van der Waals surface area contributed by atoms with Gasteiger partial charge in [0.25, 0.3) is 0 Å². The van der Waals surface area contributed by atoms with Crippen LogP contribution in [0.25, 0.3) is 0 Å². The number of benzene rings is 1. The minimum Gasteiger partial charge on any atom is -0.480 e. The maximum absolute atomic E-state index is 11.9. The molecule has 0 heterocycles. The third kappa shape index (κ3) is 5.32. The molecule has 108 valence electrons. The lowest BCUT2D eigenvalue weighted by Crippen LogP contribution is -2.32. The van der Waals surface area contributed by atoms with Crippen molar-refractivity contribution < 1.29 is 14.7 Å².